The van der Waals surface area contributed by atoms with E-state index in [2.05, 4.69) is 10.3 Å². The van der Waals surface area contributed by atoms with Crippen LogP contribution in [0, 0.1) is 5.82 Å². The number of carbonyl (C=O) groups is 2. The Bertz CT molecular complexity index is 1490. The summed E-state index contributed by atoms with van der Waals surface area (Å²) in [6.45, 7) is 2.16. The first-order chi connectivity index (χ1) is 18.9. The topological polar surface area (TPSA) is 71.0 Å². The van der Waals surface area contributed by atoms with Crippen molar-refractivity contribution in [2.24, 2.45) is 4.99 Å². The minimum Gasteiger partial charge on any atom is -0.457 e. The van der Waals surface area contributed by atoms with Gasteiger partial charge in [-0.3, -0.25) is 4.79 Å². The van der Waals surface area contributed by atoms with E-state index in [0.29, 0.717) is 32.7 Å². The zero-order valence-corrected chi connectivity index (χ0v) is 22.6. The average molecular weight is 562 g/mol. The molecule has 0 aromatic heterocycles. The predicted molar refractivity (Wildman–Crippen MR) is 151 cm³/mol. The van der Waals surface area contributed by atoms with Gasteiger partial charge in [0.1, 0.15) is 12.4 Å². The fourth-order valence-electron chi connectivity index (χ4n) is 4.45. The van der Waals surface area contributed by atoms with Crippen LogP contribution in [0.5, 0.6) is 0 Å². The molecule has 198 valence electrons. The van der Waals surface area contributed by atoms with Crippen LogP contribution in [-0.2, 0) is 27.5 Å². The minimum absolute atomic E-state index is 0.0551. The second-order valence-corrected chi connectivity index (χ2v) is 10.3. The minimum atomic E-state index is -0.624. The van der Waals surface area contributed by atoms with Gasteiger partial charge in [-0.1, -0.05) is 84.0 Å². The maximum absolute atomic E-state index is 13.5. The molecular formula is C30H25ClFN3O3S. The number of rotatable bonds is 8. The van der Waals surface area contributed by atoms with Crippen LogP contribution in [0.3, 0.4) is 0 Å². The molecule has 3 aromatic rings. The summed E-state index contributed by atoms with van der Waals surface area (Å²) in [4.78, 5) is 33.0. The first-order valence-corrected chi connectivity index (χ1v) is 13.6. The van der Waals surface area contributed by atoms with Crippen molar-refractivity contribution < 1.29 is 18.7 Å². The van der Waals surface area contributed by atoms with Gasteiger partial charge in [0, 0.05) is 17.3 Å². The SMILES string of the molecule is CC1=C(C(=O)OCc2ccccc2)C(c2ccccc2Cl)N2C(CC(=O)NCc3ccc(F)cc3)=CSC2=N1. The fourth-order valence-corrected chi connectivity index (χ4v) is 5.66. The maximum Gasteiger partial charge on any atom is 0.338 e. The summed E-state index contributed by atoms with van der Waals surface area (Å²) < 4.78 is 18.9. The number of benzene rings is 3. The van der Waals surface area contributed by atoms with Crippen LogP contribution in [0.2, 0.25) is 5.02 Å². The number of nitrogens with one attached hydrogen (secondary N) is 1. The third kappa shape index (κ3) is 6.08. The molecule has 2 heterocycles. The molecule has 0 aliphatic carbocycles. The number of amides is 1. The third-order valence-corrected chi connectivity index (χ3v) is 7.61. The lowest BCUT2D eigenvalue weighted by atomic mass is 9.93. The number of amidine groups is 1. The Morgan fingerprint density at radius 3 is 2.49 bits per heavy atom. The molecule has 2 aliphatic rings. The number of allylic oxidation sites excluding steroid dienone is 1. The molecule has 3 aromatic carbocycles. The number of thioether (sulfide) groups is 1. The van der Waals surface area contributed by atoms with Crippen LogP contribution in [-0.4, -0.2) is 21.9 Å². The molecule has 1 atom stereocenters. The molecular weight excluding hydrogens is 537 g/mol. The van der Waals surface area contributed by atoms with Crippen molar-refractivity contribution >= 4 is 40.4 Å². The molecule has 2 aliphatic heterocycles. The van der Waals surface area contributed by atoms with Gasteiger partial charge in [0.15, 0.2) is 5.17 Å². The van der Waals surface area contributed by atoms with Crippen molar-refractivity contribution in [3.05, 3.63) is 129 Å². The molecule has 5 rings (SSSR count). The number of halogens is 2. The maximum atomic E-state index is 13.5. The number of fused-ring (bicyclic) bond motifs is 1. The molecule has 39 heavy (non-hydrogen) atoms. The van der Waals surface area contributed by atoms with E-state index in [9.17, 15) is 14.0 Å². The molecule has 0 radical (unpaired) electrons. The van der Waals surface area contributed by atoms with Crippen LogP contribution in [0.25, 0.3) is 0 Å². The number of hydrogen-bond donors (Lipinski definition) is 1. The highest BCUT2D eigenvalue weighted by atomic mass is 35.5. The van der Waals surface area contributed by atoms with E-state index in [1.165, 1.54) is 23.9 Å². The molecule has 0 bridgehead atoms. The van der Waals surface area contributed by atoms with E-state index in [1.807, 2.05) is 58.8 Å². The number of esters is 1. The van der Waals surface area contributed by atoms with Gasteiger partial charge in [0.25, 0.3) is 0 Å². The zero-order chi connectivity index (χ0) is 27.4. The fraction of sp³-hybridized carbons (Fsp3) is 0.167. The van der Waals surface area contributed by atoms with E-state index < -0.39 is 12.0 Å². The highest BCUT2D eigenvalue weighted by molar-refractivity contribution is 8.16. The van der Waals surface area contributed by atoms with Crippen molar-refractivity contribution in [2.75, 3.05) is 0 Å². The molecule has 1 amide bonds. The van der Waals surface area contributed by atoms with Gasteiger partial charge in [-0.15, -0.1) is 0 Å². The van der Waals surface area contributed by atoms with Gasteiger partial charge < -0.3 is 15.0 Å². The lowest BCUT2D eigenvalue weighted by Crippen LogP contribution is -2.38. The second kappa shape index (κ2) is 11.9. The van der Waals surface area contributed by atoms with Crippen molar-refractivity contribution in [1.82, 2.24) is 10.2 Å². The van der Waals surface area contributed by atoms with E-state index >= 15 is 0 Å². The van der Waals surface area contributed by atoms with Crippen molar-refractivity contribution in [1.29, 1.82) is 0 Å². The van der Waals surface area contributed by atoms with E-state index in [0.717, 1.165) is 11.1 Å². The van der Waals surface area contributed by atoms with Gasteiger partial charge >= 0.3 is 5.97 Å². The van der Waals surface area contributed by atoms with E-state index in [4.69, 9.17) is 16.3 Å². The summed E-state index contributed by atoms with van der Waals surface area (Å²) in [5, 5.41) is 5.89. The summed E-state index contributed by atoms with van der Waals surface area (Å²) in [6, 6.07) is 22.1. The molecule has 9 heteroatoms. The molecule has 0 saturated carbocycles. The van der Waals surface area contributed by atoms with Crippen molar-refractivity contribution in [3.63, 3.8) is 0 Å². The van der Waals surface area contributed by atoms with E-state index in [1.54, 1.807) is 25.1 Å². The number of aliphatic imine (C=N–C) groups is 1. The molecule has 1 unspecified atom stereocenters. The lowest BCUT2D eigenvalue weighted by molar-refractivity contribution is -0.141. The van der Waals surface area contributed by atoms with Crippen LogP contribution in [0.4, 0.5) is 4.39 Å². The number of ether oxygens (including phenoxy) is 1. The summed E-state index contributed by atoms with van der Waals surface area (Å²) >= 11 is 8.03. The summed E-state index contributed by atoms with van der Waals surface area (Å²) in [5.74, 6) is -1.05. The number of nitrogens with zero attached hydrogens (tertiary/aromatic N) is 2. The largest absolute Gasteiger partial charge is 0.457 e. The Labute approximate surface area is 235 Å². The van der Waals surface area contributed by atoms with Crippen LogP contribution < -0.4 is 5.32 Å². The van der Waals surface area contributed by atoms with Gasteiger partial charge in [-0.05, 0) is 47.2 Å². The lowest BCUT2D eigenvalue weighted by Gasteiger charge is -2.36. The molecule has 0 saturated heterocycles. The molecule has 1 N–H and O–H groups in total. The first-order valence-electron chi connectivity index (χ1n) is 12.3. The highest BCUT2D eigenvalue weighted by Gasteiger charge is 2.41. The van der Waals surface area contributed by atoms with Gasteiger partial charge in [-0.25, -0.2) is 14.2 Å². The normalized spacial score (nSPS) is 16.4. The standard InChI is InChI=1S/C30H25ClFN3O3S/c1-19-27(29(37)38-17-21-7-3-2-4-8-21)28(24-9-5-6-10-25(24)31)35-23(18-39-30(35)34-19)15-26(36)33-16-20-11-13-22(32)14-12-20/h2-14,18,28H,15-17H2,1H3,(H,33,36). The quantitative estimate of drug-likeness (QED) is 0.318. The summed E-state index contributed by atoms with van der Waals surface area (Å²) in [5.41, 5.74) is 3.94. The van der Waals surface area contributed by atoms with Gasteiger partial charge in [0.2, 0.25) is 5.91 Å². The Morgan fingerprint density at radius 1 is 1.03 bits per heavy atom. The van der Waals surface area contributed by atoms with Crippen LogP contribution in [0.1, 0.15) is 36.1 Å². The summed E-state index contributed by atoms with van der Waals surface area (Å²) in [7, 11) is 0. The average Bonchev–Trinajstić information content (AvgIpc) is 3.33. The van der Waals surface area contributed by atoms with E-state index in [-0.39, 0.29) is 31.3 Å². The zero-order valence-electron chi connectivity index (χ0n) is 21.1. The van der Waals surface area contributed by atoms with Crippen molar-refractivity contribution in [3.8, 4) is 0 Å². The van der Waals surface area contributed by atoms with Crippen molar-refractivity contribution in [2.45, 2.75) is 32.5 Å². The number of carbonyl (C=O) groups excluding carboxylic acids is 2. The Kier molecular flexibility index (Phi) is 8.14. The Hall–Kier alpha value is -3.88. The predicted octanol–water partition coefficient (Wildman–Crippen LogP) is 6.50. The smallest absolute Gasteiger partial charge is 0.338 e. The Balaban J connectivity index is 1.39. The first kappa shape index (κ1) is 26.7. The molecule has 0 spiro atoms. The van der Waals surface area contributed by atoms with Gasteiger partial charge in [-0.2, -0.15) is 0 Å². The Morgan fingerprint density at radius 2 is 1.74 bits per heavy atom. The van der Waals surface area contributed by atoms with Crippen LogP contribution in [0.15, 0.2) is 106 Å². The van der Waals surface area contributed by atoms with Crippen LogP contribution >= 0.6 is 23.4 Å². The third-order valence-electron chi connectivity index (χ3n) is 6.38. The van der Waals surface area contributed by atoms with Gasteiger partial charge in [0.05, 0.1) is 23.7 Å². The highest BCUT2D eigenvalue weighted by Crippen LogP contribution is 2.46. The molecule has 6 nitrogen and oxygen atoms in total. The molecule has 0 fully saturated rings. The second-order valence-electron chi connectivity index (χ2n) is 9.06. The number of hydrogen-bond acceptors (Lipinski definition) is 6. The monoisotopic (exact) mass is 561 g/mol. The summed E-state index contributed by atoms with van der Waals surface area (Å²) in [6.07, 6.45) is 0.0551.